The number of para-hydroxylation sites is 1. The monoisotopic (exact) mass is 490 g/mol. The van der Waals surface area contributed by atoms with Gasteiger partial charge in [-0.25, -0.2) is 10.4 Å². The molecule has 2 heterocycles. The average Bonchev–Trinajstić information content (AvgIpc) is 3.22. The zero-order valence-corrected chi connectivity index (χ0v) is 19.9. The Balaban J connectivity index is 1.42. The Kier molecular flexibility index (Phi) is 6.46. The first-order valence-corrected chi connectivity index (χ1v) is 12.8. The third kappa shape index (κ3) is 4.62. The SMILES string of the molecule is O=C(CSc1nc2sc3c(c2c(=O)n1-c1ccccc1)CCCC3)NN=Cc1cccc(O)c1. The fourth-order valence-corrected chi connectivity index (χ4v) is 6.14. The van der Waals surface area contributed by atoms with E-state index < -0.39 is 0 Å². The van der Waals surface area contributed by atoms with Crippen LogP contribution in [-0.2, 0) is 17.6 Å². The van der Waals surface area contributed by atoms with Gasteiger partial charge in [0.25, 0.3) is 11.5 Å². The number of hydrazone groups is 1. The lowest BCUT2D eigenvalue weighted by Crippen LogP contribution is -2.24. The lowest BCUT2D eigenvalue weighted by atomic mass is 9.97. The second-order valence-electron chi connectivity index (χ2n) is 7.94. The van der Waals surface area contributed by atoms with Crippen LogP contribution in [0.4, 0.5) is 0 Å². The topological polar surface area (TPSA) is 96.6 Å². The third-order valence-corrected chi connectivity index (χ3v) is 7.70. The number of phenols is 1. The van der Waals surface area contributed by atoms with E-state index in [4.69, 9.17) is 4.98 Å². The Morgan fingerprint density at radius 1 is 1.18 bits per heavy atom. The average molecular weight is 491 g/mol. The normalized spacial score (nSPS) is 13.3. The van der Waals surface area contributed by atoms with Crippen LogP contribution >= 0.6 is 23.1 Å². The minimum atomic E-state index is -0.319. The molecule has 172 valence electrons. The molecule has 0 fully saturated rings. The van der Waals surface area contributed by atoms with Gasteiger partial charge in [0, 0.05) is 4.88 Å². The van der Waals surface area contributed by atoms with Gasteiger partial charge in [0.05, 0.1) is 23.0 Å². The first-order valence-electron chi connectivity index (χ1n) is 11.0. The standard InChI is InChI=1S/C25H22N4O3S2/c30-18-10-6-7-16(13-18)14-26-28-21(31)15-33-25-27-23-22(19-11-4-5-12-20(19)34-23)24(32)29(25)17-8-2-1-3-9-17/h1-3,6-10,13-14,30H,4-5,11-12,15H2,(H,28,31). The molecule has 4 aromatic rings. The van der Waals surface area contributed by atoms with Crippen LogP contribution in [0, 0.1) is 0 Å². The van der Waals surface area contributed by atoms with Crippen LogP contribution in [0.2, 0.25) is 0 Å². The number of hydrogen-bond donors (Lipinski definition) is 2. The summed E-state index contributed by atoms with van der Waals surface area (Å²) in [6.07, 6.45) is 5.58. The van der Waals surface area contributed by atoms with Gasteiger partial charge in [-0.15, -0.1) is 11.3 Å². The fraction of sp³-hybridized carbons (Fsp3) is 0.200. The van der Waals surface area contributed by atoms with Gasteiger partial charge in [0.15, 0.2) is 5.16 Å². The summed E-state index contributed by atoms with van der Waals surface area (Å²) in [5, 5.41) is 14.7. The maximum atomic E-state index is 13.7. The number of benzene rings is 2. The van der Waals surface area contributed by atoms with Crippen LogP contribution in [0.5, 0.6) is 5.75 Å². The predicted octanol–water partition coefficient (Wildman–Crippen LogP) is 4.27. The number of thioether (sulfide) groups is 1. The van der Waals surface area contributed by atoms with Gasteiger partial charge < -0.3 is 5.11 Å². The van der Waals surface area contributed by atoms with E-state index in [9.17, 15) is 14.7 Å². The maximum Gasteiger partial charge on any atom is 0.267 e. The van der Waals surface area contributed by atoms with E-state index in [1.54, 1.807) is 40.2 Å². The molecule has 9 heteroatoms. The molecule has 0 aliphatic heterocycles. The summed E-state index contributed by atoms with van der Waals surface area (Å²) < 4.78 is 1.61. The van der Waals surface area contributed by atoms with E-state index in [1.807, 2.05) is 30.3 Å². The first kappa shape index (κ1) is 22.4. The summed E-state index contributed by atoms with van der Waals surface area (Å²) in [6.45, 7) is 0. The van der Waals surface area contributed by atoms with Crippen LogP contribution in [0.15, 0.2) is 69.6 Å². The molecule has 1 amide bonds. The number of hydrogen-bond acceptors (Lipinski definition) is 7. The molecular weight excluding hydrogens is 468 g/mol. The van der Waals surface area contributed by atoms with Crippen LogP contribution in [0.25, 0.3) is 15.9 Å². The van der Waals surface area contributed by atoms with Crippen molar-refractivity contribution in [1.29, 1.82) is 0 Å². The van der Waals surface area contributed by atoms with E-state index >= 15 is 0 Å². The number of aromatic nitrogens is 2. The zero-order chi connectivity index (χ0) is 23.5. The Morgan fingerprint density at radius 2 is 2.00 bits per heavy atom. The van der Waals surface area contributed by atoms with Crippen molar-refractivity contribution in [3.8, 4) is 11.4 Å². The number of nitrogens with zero attached hydrogens (tertiary/aromatic N) is 3. The minimum absolute atomic E-state index is 0.0489. The number of thiophene rings is 1. The fourth-order valence-electron chi connectivity index (χ4n) is 4.03. The molecule has 0 spiro atoms. The summed E-state index contributed by atoms with van der Waals surface area (Å²) >= 11 is 2.80. The quantitative estimate of drug-likeness (QED) is 0.182. The molecule has 0 bridgehead atoms. The number of carbonyl (C=O) groups is 1. The summed E-state index contributed by atoms with van der Waals surface area (Å²) in [7, 11) is 0. The van der Waals surface area contributed by atoms with Crippen molar-refractivity contribution in [2.24, 2.45) is 5.10 Å². The molecule has 2 aromatic heterocycles. The number of rotatable bonds is 6. The Morgan fingerprint density at radius 3 is 2.82 bits per heavy atom. The molecular formula is C25H22N4O3S2. The van der Waals surface area contributed by atoms with Crippen LogP contribution in [0.3, 0.4) is 0 Å². The second-order valence-corrected chi connectivity index (χ2v) is 9.96. The Hall–Kier alpha value is -3.43. The van der Waals surface area contributed by atoms with Crippen molar-refractivity contribution in [3.63, 3.8) is 0 Å². The third-order valence-electron chi connectivity index (χ3n) is 5.58. The highest BCUT2D eigenvalue weighted by molar-refractivity contribution is 7.99. The van der Waals surface area contributed by atoms with Crippen molar-refractivity contribution in [3.05, 3.63) is 81.0 Å². The number of carbonyl (C=O) groups excluding carboxylic acids is 1. The van der Waals surface area contributed by atoms with E-state index in [0.717, 1.165) is 41.8 Å². The zero-order valence-electron chi connectivity index (χ0n) is 18.2. The molecule has 34 heavy (non-hydrogen) atoms. The van der Waals surface area contributed by atoms with Crippen molar-refractivity contribution in [2.75, 3.05) is 5.75 Å². The molecule has 0 radical (unpaired) electrons. The second kappa shape index (κ2) is 9.82. The van der Waals surface area contributed by atoms with Crippen molar-refractivity contribution < 1.29 is 9.90 Å². The molecule has 0 saturated heterocycles. The lowest BCUT2D eigenvalue weighted by Gasteiger charge is -2.13. The van der Waals surface area contributed by atoms with E-state index in [1.165, 1.54) is 22.9 Å². The minimum Gasteiger partial charge on any atom is -0.508 e. The molecule has 2 N–H and O–H groups in total. The highest BCUT2D eigenvalue weighted by Crippen LogP contribution is 2.35. The summed E-state index contributed by atoms with van der Waals surface area (Å²) in [5.74, 6) is -0.143. The number of phenolic OH excluding ortho intramolecular Hbond substituents is 1. The molecule has 5 rings (SSSR count). The predicted molar refractivity (Wildman–Crippen MR) is 136 cm³/mol. The molecule has 0 atom stereocenters. The van der Waals surface area contributed by atoms with Gasteiger partial charge >= 0.3 is 0 Å². The Labute approximate surface area is 204 Å². The van der Waals surface area contributed by atoms with E-state index in [2.05, 4.69) is 10.5 Å². The molecule has 2 aromatic carbocycles. The largest absolute Gasteiger partial charge is 0.508 e. The van der Waals surface area contributed by atoms with Crippen molar-refractivity contribution in [1.82, 2.24) is 15.0 Å². The van der Waals surface area contributed by atoms with Crippen LogP contribution < -0.4 is 11.0 Å². The number of fused-ring (bicyclic) bond motifs is 3. The van der Waals surface area contributed by atoms with Crippen molar-refractivity contribution >= 4 is 45.4 Å². The highest BCUT2D eigenvalue weighted by Gasteiger charge is 2.23. The van der Waals surface area contributed by atoms with Crippen molar-refractivity contribution in [2.45, 2.75) is 30.8 Å². The summed E-state index contributed by atoms with van der Waals surface area (Å²) in [5.41, 5.74) is 4.94. The number of aryl methyl sites for hydroxylation is 2. The van der Waals surface area contributed by atoms with Gasteiger partial charge in [-0.2, -0.15) is 5.10 Å². The van der Waals surface area contributed by atoms with Gasteiger partial charge in [-0.3, -0.25) is 14.2 Å². The van der Waals surface area contributed by atoms with Gasteiger partial charge in [0.1, 0.15) is 10.6 Å². The lowest BCUT2D eigenvalue weighted by molar-refractivity contribution is -0.118. The van der Waals surface area contributed by atoms with E-state index in [0.29, 0.717) is 16.1 Å². The first-order chi connectivity index (χ1) is 16.6. The van der Waals surface area contributed by atoms with Crippen LogP contribution in [0.1, 0.15) is 28.8 Å². The van der Waals surface area contributed by atoms with Gasteiger partial charge in [0.2, 0.25) is 0 Å². The number of amides is 1. The van der Waals surface area contributed by atoms with Crippen LogP contribution in [-0.4, -0.2) is 32.5 Å². The van der Waals surface area contributed by atoms with Gasteiger partial charge in [-0.05, 0) is 61.1 Å². The maximum absolute atomic E-state index is 13.7. The molecule has 1 aliphatic carbocycles. The summed E-state index contributed by atoms with van der Waals surface area (Å²) in [6, 6.07) is 16.0. The summed E-state index contributed by atoms with van der Waals surface area (Å²) in [4.78, 5) is 32.9. The van der Waals surface area contributed by atoms with E-state index in [-0.39, 0.29) is 23.0 Å². The molecule has 0 saturated carbocycles. The molecule has 7 nitrogen and oxygen atoms in total. The highest BCUT2D eigenvalue weighted by atomic mass is 32.2. The number of nitrogens with one attached hydrogen (secondary N) is 1. The Bertz CT molecular complexity index is 1440. The number of aromatic hydroxyl groups is 1. The smallest absolute Gasteiger partial charge is 0.267 e. The van der Waals surface area contributed by atoms with Gasteiger partial charge in [-0.1, -0.05) is 42.1 Å². The molecule has 0 unspecified atom stereocenters. The molecule has 1 aliphatic rings.